The van der Waals surface area contributed by atoms with E-state index in [0.717, 1.165) is 50.8 Å². The summed E-state index contributed by atoms with van der Waals surface area (Å²) in [6, 6.07) is 17.8. The highest BCUT2D eigenvalue weighted by Crippen LogP contribution is 2.49. The fraction of sp³-hybridized carbons (Fsp3) is 0.500. The molecule has 5 aliphatic rings. The molecule has 5 aromatic rings. The van der Waals surface area contributed by atoms with Crippen LogP contribution in [-0.2, 0) is 16.4 Å². The number of carbonyl (C=O) groups is 1. The van der Waals surface area contributed by atoms with Crippen LogP contribution in [0.3, 0.4) is 0 Å². The van der Waals surface area contributed by atoms with Crippen molar-refractivity contribution in [3.63, 3.8) is 0 Å². The first-order chi connectivity index (χ1) is 33.0. The number of pyridine rings is 1. The summed E-state index contributed by atoms with van der Waals surface area (Å²) in [7, 11) is -4.73. The molecule has 17 heteroatoms. The summed E-state index contributed by atoms with van der Waals surface area (Å²) in [4.78, 5) is 37.9. The second kappa shape index (κ2) is 18.2. The first kappa shape index (κ1) is 46.9. The van der Waals surface area contributed by atoms with Gasteiger partial charge in [0.2, 0.25) is 0 Å². The maximum atomic E-state index is 14.9. The van der Waals surface area contributed by atoms with Crippen LogP contribution in [0, 0.1) is 27.3 Å². The van der Waals surface area contributed by atoms with E-state index in [1.54, 1.807) is 19.1 Å². The van der Waals surface area contributed by atoms with Gasteiger partial charge in [-0.3, -0.25) is 19.8 Å². The number of aliphatic hydroxyl groups is 1. The lowest BCUT2D eigenvalue weighted by Crippen LogP contribution is -2.63. The number of sulfonamides is 1. The third-order valence-electron chi connectivity index (χ3n) is 15.9. The molecule has 3 atom stereocenters. The van der Waals surface area contributed by atoms with Gasteiger partial charge in [-0.2, -0.15) is 0 Å². The predicted molar refractivity (Wildman–Crippen MR) is 262 cm³/mol. The molecule has 2 aromatic heterocycles. The summed E-state index contributed by atoms with van der Waals surface area (Å²) >= 11 is 0. The molecular formula is C52H62FN7O8S. The Hall–Kier alpha value is -5.78. The number of anilines is 2. The second-order valence-electron chi connectivity index (χ2n) is 20.8. The van der Waals surface area contributed by atoms with Crippen molar-refractivity contribution in [1.82, 2.24) is 19.6 Å². The number of nitrogens with zero attached hydrogens (tertiary/aromatic N) is 4. The third-order valence-corrected chi connectivity index (χ3v) is 17.2. The number of aromatic amines is 1. The molecule has 2 aliphatic carbocycles. The van der Waals surface area contributed by atoms with Crippen LogP contribution in [0.1, 0.15) is 124 Å². The minimum atomic E-state index is -4.73. The summed E-state index contributed by atoms with van der Waals surface area (Å²) in [5, 5.41) is 26.3. The molecule has 2 saturated carbocycles. The number of amides is 1. The minimum Gasteiger partial charge on any atom is -0.489 e. The largest absolute Gasteiger partial charge is 0.489 e. The van der Waals surface area contributed by atoms with Crippen molar-refractivity contribution in [2.45, 2.75) is 126 Å². The van der Waals surface area contributed by atoms with Crippen molar-refractivity contribution in [3.05, 3.63) is 105 Å². The predicted octanol–water partition coefficient (Wildman–Crippen LogP) is 9.56. The van der Waals surface area contributed by atoms with Gasteiger partial charge in [0.05, 0.1) is 38.1 Å². The van der Waals surface area contributed by atoms with Gasteiger partial charge in [-0.05, 0) is 117 Å². The topological polar surface area (TPSA) is 192 Å². The van der Waals surface area contributed by atoms with Gasteiger partial charge in [0.15, 0.2) is 11.4 Å². The number of benzene rings is 3. The van der Waals surface area contributed by atoms with Gasteiger partial charge < -0.3 is 29.8 Å². The van der Waals surface area contributed by atoms with E-state index >= 15 is 0 Å². The van der Waals surface area contributed by atoms with Gasteiger partial charge in [0.1, 0.15) is 29.6 Å². The fourth-order valence-electron chi connectivity index (χ4n) is 11.9. The zero-order valence-corrected chi connectivity index (χ0v) is 40.5. The highest BCUT2D eigenvalue weighted by Gasteiger charge is 2.49. The van der Waals surface area contributed by atoms with Gasteiger partial charge >= 0.3 is 0 Å². The highest BCUT2D eigenvalue weighted by atomic mass is 32.2. The molecule has 0 bridgehead atoms. The Balaban J connectivity index is 0.883. The first-order valence-corrected chi connectivity index (χ1v) is 26.1. The molecule has 3 aromatic carbocycles. The van der Waals surface area contributed by atoms with E-state index in [-0.39, 0.29) is 57.9 Å². The van der Waals surface area contributed by atoms with Gasteiger partial charge in [-0.15, -0.1) is 0 Å². The molecule has 10 rings (SSSR count). The van der Waals surface area contributed by atoms with Crippen LogP contribution in [0.2, 0.25) is 0 Å². The molecule has 2 saturated heterocycles. The number of ether oxygens (including phenoxy) is 2. The minimum absolute atomic E-state index is 0.0236. The van der Waals surface area contributed by atoms with E-state index in [1.807, 2.05) is 6.92 Å². The molecular weight excluding hydrogens is 902 g/mol. The molecule has 1 amide bonds. The number of fused-ring (bicyclic) bond motifs is 2. The molecule has 4 N–H and O–H groups in total. The number of nitro groups is 1. The number of aromatic nitrogens is 2. The Kier molecular flexibility index (Phi) is 12.4. The number of nitrogens with one attached hydrogen (secondary N) is 3. The fourth-order valence-corrected chi connectivity index (χ4v) is 12.9. The van der Waals surface area contributed by atoms with Crippen molar-refractivity contribution in [3.8, 4) is 17.2 Å². The summed E-state index contributed by atoms with van der Waals surface area (Å²) in [6.07, 6.45) is 9.85. The number of hydrogen-bond donors (Lipinski definition) is 4. The van der Waals surface area contributed by atoms with E-state index in [0.29, 0.717) is 61.3 Å². The van der Waals surface area contributed by atoms with Crippen molar-refractivity contribution in [2.24, 2.45) is 11.3 Å². The van der Waals surface area contributed by atoms with E-state index < -0.39 is 42.9 Å². The number of hydrogen-bond acceptors (Lipinski definition) is 12. The smallest absolute Gasteiger partial charge is 0.297 e. The maximum Gasteiger partial charge on any atom is 0.297 e. The summed E-state index contributed by atoms with van der Waals surface area (Å²) < 4.78 is 57.6. The molecule has 0 radical (unpaired) electrons. The molecule has 5 heterocycles. The average Bonchev–Trinajstić information content (AvgIpc) is 3.96. The highest BCUT2D eigenvalue weighted by molar-refractivity contribution is 7.90. The van der Waals surface area contributed by atoms with Crippen molar-refractivity contribution < 1.29 is 37.1 Å². The van der Waals surface area contributed by atoms with Gasteiger partial charge in [-0.1, -0.05) is 51.5 Å². The number of carbonyl (C=O) groups excluding carboxylic acids is 1. The van der Waals surface area contributed by atoms with E-state index in [2.05, 4.69) is 67.9 Å². The molecule has 15 nitrogen and oxygen atoms in total. The van der Waals surface area contributed by atoms with Crippen LogP contribution in [0.15, 0.2) is 71.8 Å². The lowest BCUT2D eigenvalue weighted by molar-refractivity contribution is -0.384. The van der Waals surface area contributed by atoms with Gasteiger partial charge in [0, 0.05) is 62.3 Å². The van der Waals surface area contributed by atoms with Crippen molar-refractivity contribution in [2.75, 3.05) is 43.0 Å². The summed E-state index contributed by atoms with van der Waals surface area (Å²) in [6.45, 7) is 12.1. The molecule has 1 unspecified atom stereocenters. The number of rotatable bonds is 12. The van der Waals surface area contributed by atoms with Crippen molar-refractivity contribution >= 4 is 44.0 Å². The second-order valence-corrected chi connectivity index (χ2v) is 22.5. The number of aryl methyl sites for hydroxylation is 1. The van der Waals surface area contributed by atoms with Crippen LogP contribution in [0.4, 0.5) is 21.5 Å². The Morgan fingerprint density at radius 1 is 1.04 bits per heavy atom. The van der Waals surface area contributed by atoms with E-state index in [9.17, 15) is 32.8 Å². The number of nitro benzene ring substituents is 1. The molecule has 3 aliphatic heterocycles. The summed E-state index contributed by atoms with van der Waals surface area (Å²) in [5.41, 5.74) is 3.47. The normalized spacial score (nSPS) is 24.7. The van der Waals surface area contributed by atoms with E-state index in [1.165, 1.54) is 54.8 Å². The molecule has 366 valence electrons. The standard InChI is InChI=1S/C52H62FN7O8S/c1-5-41-46(26-39-40(53)27-54-49(39)56-41)68-45-23-33(58-21-19-52(20-22-58)29-59(30-52)43-12-8-11-37(43)36-10-7-6-9-35(36)31(2)3)13-14-38(45)50(61)57-69(65,66)34-24-44(60(63)64)48-47(25-34)67-28-42(55-48)32-15-17-51(4,62)18-16-32/h6-7,9-10,13-14,23-27,31-32,37,42-43,55,62H,5,8,11-12,15-22,28-30H2,1-4H3,(H,54,56)(H,57,61)/t32?,37-,42-,43?,51?/m1/s1. The maximum absolute atomic E-state index is 14.9. The summed E-state index contributed by atoms with van der Waals surface area (Å²) in [5.74, 6) is -0.220. The monoisotopic (exact) mass is 963 g/mol. The molecule has 4 fully saturated rings. The first-order valence-electron chi connectivity index (χ1n) is 24.6. The quantitative estimate of drug-likeness (QED) is 0.0685. The number of likely N-dealkylation sites (tertiary alicyclic amines) is 1. The Labute approximate surface area is 402 Å². The van der Waals surface area contributed by atoms with Crippen LogP contribution in [0.5, 0.6) is 17.2 Å². The number of halogens is 1. The Bertz CT molecular complexity index is 2900. The molecule has 69 heavy (non-hydrogen) atoms. The van der Waals surface area contributed by atoms with Crippen LogP contribution in [0.25, 0.3) is 11.0 Å². The Morgan fingerprint density at radius 2 is 1.80 bits per heavy atom. The van der Waals surface area contributed by atoms with Crippen LogP contribution in [-0.4, -0.2) is 89.7 Å². The molecule has 1 spiro atoms. The van der Waals surface area contributed by atoms with Crippen molar-refractivity contribution in [1.29, 1.82) is 0 Å². The third kappa shape index (κ3) is 9.13. The Morgan fingerprint density at radius 3 is 2.52 bits per heavy atom. The zero-order valence-electron chi connectivity index (χ0n) is 39.7. The van der Waals surface area contributed by atoms with Gasteiger partial charge in [-0.25, -0.2) is 22.5 Å². The van der Waals surface area contributed by atoms with Gasteiger partial charge in [0.25, 0.3) is 21.6 Å². The van der Waals surface area contributed by atoms with E-state index in [4.69, 9.17) is 9.47 Å². The van der Waals surface area contributed by atoms with Crippen LogP contribution >= 0.6 is 0 Å². The SMILES string of the molecule is CCc1nc2[nH]cc(F)c2cc1Oc1cc(N2CCC3(CC2)CN(C2CCC[C@@H]2c2ccccc2C(C)C)C3)ccc1C(=O)NS(=O)(=O)c1cc2c(c([N+](=O)[O-])c1)N[C@@H](C1CCC(C)(O)CC1)CO2. The number of piperidine rings is 1. The average molecular weight is 964 g/mol. The lowest BCUT2D eigenvalue weighted by atomic mass is 9.70. The lowest BCUT2D eigenvalue weighted by Gasteiger charge is -2.57. The zero-order chi connectivity index (χ0) is 48.4. The van der Waals surface area contributed by atoms with Crippen LogP contribution < -0.4 is 24.4 Å². The number of H-pyrrole nitrogens is 1.